The smallest absolute Gasteiger partial charge is 0.254 e. The molecule has 0 atom stereocenters. The van der Waals surface area contributed by atoms with Crippen molar-refractivity contribution in [2.45, 2.75) is 13.8 Å². The van der Waals surface area contributed by atoms with Crippen molar-refractivity contribution in [3.8, 4) is 0 Å². The average molecular weight is 296 g/mol. The minimum absolute atomic E-state index is 0.00482. The van der Waals surface area contributed by atoms with Gasteiger partial charge in [0.25, 0.3) is 5.78 Å². The number of amides is 1. The largest absolute Gasteiger partial charge is 0.340 e. The molecule has 1 amide bonds. The molecule has 112 valence electrons. The molecular formula is C15H16N6O. The van der Waals surface area contributed by atoms with Gasteiger partial charge in [0.1, 0.15) is 12.1 Å². The first-order valence-corrected chi connectivity index (χ1v) is 6.83. The number of rotatable bonds is 3. The highest BCUT2D eigenvalue weighted by molar-refractivity contribution is 5.91. The van der Waals surface area contributed by atoms with Gasteiger partial charge >= 0.3 is 0 Å². The summed E-state index contributed by atoms with van der Waals surface area (Å²) in [7, 11) is 1.75. The van der Waals surface area contributed by atoms with E-state index in [9.17, 15) is 4.79 Å². The van der Waals surface area contributed by atoms with E-state index in [1.165, 1.54) is 13.3 Å². The molecule has 0 saturated carbocycles. The SMILES string of the molecule is CC(=O)N(C)c1ccc(Nc2cc(C)nc3ncnn23)cc1. The molecule has 0 aliphatic carbocycles. The number of aryl methyl sites for hydroxylation is 1. The third-order valence-corrected chi connectivity index (χ3v) is 3.38. The topological polar surface area (TPSA) is 75.4 Å². The Bertz CT molecular complexity index is 824. The monoisotopic (exact) mass is 296 g/mol. The Balaban J connectivity index is 1.89. The summed E-state index contributed by atoms with van der Waals surface area (Å²) in [5, 5.41) is 7.44. The third kappa shape index (κ3) is 2.60. The van der Waals surface area contributed by atoms with Crippen molar-refractivity contribution >= 4 is 28.9 Å². The van der Waals surface area contributed by atoms with Crippen molar-refractivity contribution in [1.82, 2.24) is 19.6 Å². The van der Waals surface area contributed by atoms with E-state index in [4.69, 9.17) is 0 Å². The fourth-order valence-electron chi connectivity index (χ4n) is 2.12. The minimum Gasteiger partial charge on any atom is -0.340 e. The van der Waals surface area contributed by atoms with E-state index in [1.54, 1.807) is 16.5 Å². The Morgan fingerprint density at radius 2 is 2.00 bits per heavy atom. The number of hydrogen-bond donors (Lipinski definition) is 1. The lowest BCUT2D eigenvalue weighted by atomic mass is 10.2. The molecule has 1 aromatic carbocycles. The Labute approximate surface area is 127 Å². The Morgan fingerprint density at radius 1 is 1.27 bits per heavy atom. The van der Waals surface area contributed by atoms with Gasteiger partial charge in [0, 0.05) is 37.1 Å². The normalized spacial score (nSPS) is 10.7. The van der Waals surface area contributed by atoms with Crippen LogP contribution in [0.1, 0.15) is 12.6 Å². The van der Waals surface area contributed by atoms with Crippen molar-refractivity contribution < 1.29 is 4.79 Å². The van der Waals surface area contributed by atoms with Crippen LogP contribution >= 0.6 is 0 Å². The second-order valence-electron chi connectivity index (χ2n) is 5.00. The molecule has 0 radical (unpaired) electrons. The van der Waals surface area contributed by atoms with Crippen LogP contribution in [0.3, 0.4) is 0 Å². The molecule has 7 nitrogen and oxygen atoms in total. The average Bonchev–Trinajstić information content (AvgIpc) is 2.95. The molecule has 0 spiro atoms. The zero-order valence-corrected chi connectivity index (χ0v) is 12.6. The van der Waals surface area contributed by atoms with Crippen LogP contribution in [-0.4, -0.2) is 32.5 Å². The van der Waals surface area contributed by atoms with Gasteiger partial charge in [-0.25, -0.2) is 4.98 Å². The summed E-state index contributed by atoms with van der Waals surface area (Å²) in [5.74, 6) is 1.33. The molecule has 0 aliphatic heterocycles. The Hall–Kier alpha value is -2.96. The Kier molecular flexibility index (Phi) is 3.46. The van der Waals surface area contributed by atoms with E-state index in [0.717, 1.165) is 22.9 Å². The first kappa shape index (κ1) is 14.0. The zero-order valence-electron chi connectivity index (χ0n) is 12.6. The van der Waals surface area contributed by atoms with Crippen molar-refractivity contribution in [3.63, 3.8) is 0 Å². The standard InChI is InChI=1S/C15H16N6O/c1-10-8-14(21-15(18-10)16-9-17-21)19-12-4-6-13(7-5-12)20(3)11(2)22/h4-9,19H,1-3H3. The predicted molar refractivity (Wildman–Crippen MR) is 84.3 cm³/mol. The number of aromatic nitrogens is 4. The number of anilines is 3. The minimum atomic E-state index is -0.00482. The van der Waals surface area contributed by atoms with Crippen LogP contribution in [0.15, 0.2) is 36.7 Å². The fraction of sp³-hybridized carbons (Fsp3) is 0.200. The van der Waals surface area contributed by atoms with Gasteiger partial charge in [0.2, 0.25) is 5.91 Å². The molecule has 3 rings (SSSR count). The van der Waals surface area contributed by atoms with E-state index in [-0.39, 0.29) is 5.91 Å². The maximum absolute atomic E-state index is 11.4. The van der Waals surface area contributed by atoms with Crippen LogP contribution in [0, 0.1) is 6.92 Å². The first-order chi connectivity index (χ1) is 10.5. The first-order valence-electron chi connectivity index (χ1n) is 6.83. The summed E-state index contributed by atoms with van der Waals surface area (Å²) in [5.41, 5.74) is 2.59. The molecule has 0 bridgehead atoms. The fourth-order valence-corrected chi connectivity index (χ4v) is 2.12. The lowest BCUT2D eigenvalue weighted by molar-refractivity contribution is -0.116. The van der Waals surface area contributed by atoms with Crippen LogP contribution in [0.2, 0.25) is 0 Å². The maximum Gasteiger partial charge on any atom is 0.254 e. The van der Waals surface area contributed by atoms with Gasteiger partial charge in [-0.05, 0) is 31.2 Å². The second kappa shape index (κ2) is 5.44. The molecule has 1 N–H and O–H groups in total. The third-order valence-electron chi connectivity index (χ3n) is 3.38. The summed E-state index contributed by atoms with van der Waals surface area (Å²) in [6.07, 6.45) is 1.47. The number of fused-ring (bicyclic) bond motifs is 1. The summed E-state index contributed by atoms with van der Waals surface area (Å²) in [4.78, 5) is 21.3. The van der Waals surface area contributed by atoms with E-state index >= 15 is 0 Å². The lowest BCUT2D eigenvalue weighted by Gasteiger charge is -2.15. The quantitative estimate of drug-likeness (QED) is 0.801. The van der Waals surface area contributed by atoms with E-state index in [2.05, 4.69) is 20.4 Å². The van der Waals surface area contributed by atoms with Crippen LogP contribution < -0.4 is 10.2 Å². The lowest BCUT2D eigenvalue weighted by Crippen LogP contribution is -2.22. The van der Waals surface area contributed by atoms with Crippen molar-refractivity contribution in [1.29, 1.82) is 0 Å². The second-order valence-corrected chi connectivity index (χ2v) is 5.00. The number of nitrogens with one attached hydrogen (secondary N) is 1. The van der Waals surface area contributed by atoms with Crippen LogP contribution in [-0.2, 0) is 4.79 Å². The highest BCUT2D eigenvalue weighted by Crippen LogP contribution is 2.21. The summed E-state index contributed by atoms with van der Waals surface area (Å²) in [6, 6.07) is 9.49. The number of carbonyl (C=O) groups is 1. The Morgan fingerprint density at radius 3 is 2.68 bits per heavy atom. The van der Waals surface area contributed by atoms with Crippen LogP contribution in [0.4, 0.5) is 17.2 Å². The van der Waals surface area contributed by atoms with Crippen LogP contribution in [0.25, 0.3) is 5.78 Å². The maximum atomic E-state index is 11.4. The van der Waals surface area contributed by atoms with Crippen molar-refractivity contribution in [2.24, 2.45) is 0 Å². The highest BCUT2D eigenvalue weighted by atomic mass is 16.2. The highest BCUT2D eigenvalue weighted by Gasteiger charge is 2.07. The molecule has 22 heavy (non-hydrogen) atoms. The molecule has 0 fully saturated rings. The van der Waals surface area contributed by atoms with Gasteiger partial charge in [-0.1, -0.05) is 0 Å². The van der Waals surface area contributed by atoms with Gasteiger partial charge < -0.3 is 10.2 Å². The van der Waals surface area contributed by atoms with E-state index in [0.29, 0.717) is 5.78 Å². The molecule has 7 heteroatoms. The van der Waals surface area contributed by atoms with Gasteiger partial charge in [0.05, 0.1) is 0 Å². The molecule has 3 aromatic rings. The molecule has 2 heterocycles. The van der Waals surface area contributed by atoms with Crippen LogP contribution in [0.5, 0.6) is 0 Å². The molecule has 0 saturated heterocycles. The molecule has 2 aromatic heterocycles. The number of hydrogen-bond acceptors (Lipinski definition) is 5. The predicted octanol–water partition coefficient (Wildman–Crippen LogP) is 2.16. The van der Waals surface area contributed by atoms with Crippen molar-refractivity contribution in [2.75, 3.05) is 17.3 Å². The summed E-state index contributed by atoms with van der Waals surface area (Å²) in [6.45, 7) is 3.44. The zero-order chi connectivity index (χ0) is 15.7. The molecule has 0 aliphatic rings. The molecular weight excluding hydrogens is 280 g/mol. The number of carbonyl (C=O) groups excluding carboxylic acids is 1. The van der Waals surface area contributed by atoms with E-state index < -0.39 is 0 Å². The van der Waals surface area contributed by atoms with E-state index in [1.807, 2.05) is 37.3 Å². The van der Waals surface area contributed by atoms with Gasteiger partial charge in [-0.15, -0.1) is 0 Å². The van der Waals surface area contributed by atoms with Gasteiger partial charge in [0.15, 0.2) is 0 Å². The number of benzene rings is 1. The van der Waals surface area contributed by atoms with Gasteiger partial charge in [-0.3, -0.25) is 4.79 Å². The van der Waals surface area contributed by atoms with Gasteiger partial charge in [-0.2, -0.15) is 14.6 Å². The summed E-state index contributed by atoms with van der Waals surface area (Å²) >= 11 is 0. The van der Waals surface area contributed by atoms with Crippen molar-refractivity contribution in [3.05, 3.63) is 42.4 Å². The number of nitrogens with zero attached hydrogens (tertiary/aromatic N) is 5. The summed E-state index contributed by atoms with van der Waals surface area (Å²) < 4.78 is 1.64. The molecule has 0 unspecified atom stereocenters.